The molecule has 0 saturated heterocycles. The van der Waals surface area contributed by atoms with Crippen LogP contribution in [0.1, 0.15) is 25.3 Å². The summed E-state index contributed by atoms with van der Waals surface area (Å²) in [5, 5.41) is 0. The van der Waals surface area contributed by atoms with E-state index in [0.29, 0.717) is 17.9 Å². The van der Waals surface area contributed by atoms with Crippen molar-refractivity contribution in [2.75, 3.05) is 7.11 Å². The third-order valence-electron chi connectivity index (χ3n) is 4.25. The Balaban J connectivity index is 1.83. The Morgan fingerprint density at radius 2 is 1.77 bits per heavy atom. The summed E-state index contributed by atoms with van der Waals surface area (Å²) < 4.78 is 35.6. The molecule has 0 N–H and O–H groups in total. The van der Waals surface area contributed by atoms with Gasteiger partial charge in [-0.05, 0) is 43.2 Å². The first kappa shape index (κ1) is 18.3. The summed E-state index contributed by atoms with van der Waals surface area (Å²) in [6.07, 6.45) is 1.96. The number of hydrogen-bond acceptors (Lipinski definition) is 5. The Kier molecular flexibility index (Phi) is 5.18. The summed E-state index contributed by atoms with van der Waals surface area (Å²) in [5.41, 5.74) is 0.659. The van der Waals surface area contributed by atoms with Crippen LogP contribution in [0.5, 0.6) is 11.5 Å². The molecule has 0 heterocycles. The molecule has 3 rings (SSSR count). The maximum atomic E-state index is 12.6. The molecule has 26 heavy (non-hydrogen) atoms. The molecule has 0 spiro atoms. The maximum Gasteiger partial charge on any atom is 0.339 e. The zero-order valence-corrected chi connectivity index (χ0v) is 15.5. The van der Waals surface area contributed by atoms with Crippen molar-refractivity contribution in [1.82, 2.24) is 4.90 Å². The van der Waals surface area contributed by atoms with Crippen LogP contribution in [-0.2, 0) is 21.5 Å². The van der Waals surface area contributed by atoms with E-state index >= 15 is 0 Å². The molecular formula is C19H21NO5S. The Bertz CT molecular complexity index is 888. The van der Waals surface area contributed by atoms with E-state index in [-0.39, 0.29) is 22.6 Å². The highest BCUT2D eigenvalue weighted by molar-refractivity contribution is 7.87. The average molecular weight is 375 g/mol. The van der Waals surface area contributed by atoms with Crippen LogP contribution in [0.4, 0.5) is 0 Å². The lowest BCUT2D eigenvalue weighted by Gasteiger charge is -2.22. The van der Waals surface area contributed by atoms with Gasteiger partial charge in [0.1, 0.15) is 16.4 Å². The normalized spacial score (nSPS) is 13.9. The van der Waals surface area contributed by atoms with Gasteiger partial charge < -0.3 is 13.8 Å². The minimum atomic E-state index is -3.98. The predicted octanol–water partition coefficient (Wildman–Crippen LogP) is 2.97. The topological polar surface area (TPSA) is 72.9 Å². The van der Waals surface area contributed by atoms with E-state index in [2.05, 4.69) is 0 Å². The molecule has 0 bridgehead atoms. The molecule has 2 aromatic carbocycles. The summed E-state index contributed by atoms with van der Waals surface area (Å²) >= 11 is 0. The number of benzene rings is 2. The Morgan fingerprint density at radius 3 is 2.35 bits per heavy atom. The van der Waals surface area contributed by atoms with E-state index in [1.54, 1.807) is 41.3 Å². The summed E-state index contributed by atoms with van der Waals surface area (Å²) in [6, 6.07) is 13.1. The van der Waals surface area contributed by atoms with Gasteiger partial charge >= 0.3 is 10.1 Å². The van der Waals surface area contributed by atoms with Crippen LogP contribution in [0.15, 0.2) is 53.4 Å². The van der Waals surface area contributed by atoms with E-state index in [9.17, 15) is 13.2 Å². The monoisotopic (exact) mass is 375 g/mol. The van der Waals surface area contributed by atoms with E-state index in [4.69, 9.17) is 8.92 Å². The first-order valence-corrected chi connectivity index (χ1v) is 9.75. The first-order valence-electron chi connectivity index (χ1n) is 8.34. The summed E-state index contributed by atoms with van der Waals surface area (Å²) in [6.45, 7) is 1.85. The van der Waals surface area contributed by atoms with Crippen molar-refractivity contribution in [2.45, 2.75) is 37.2 Å². The highest BCUT2D eigenvalue weighted by Crippen LogP contribution is 2.31. The zero-order chi connectivity index (χ0) is 18.7. The van der Waals surface area contributed by atoms with E-state index < -0.39 is 10.1 Å². The first-order chi connectivity index (χ1) is 12.4. The fourth-order valence-corrected chi connectivity index (χ4v) is 3.66. The van der Waals surface area contributed by atoms with Crippen LogP contribution in [0.2, 0.25) is 0 Å². The lowest BCUT2D eigenvalue weighted by molar-refractivity contribution is -0.130. The van der Waals surface area contributed by atoms with E-state index in [0.717, 1.165) is 12.8 Å². The number of rotatable bonds is 7. The highest BCUT2D eigenvalue weighted by atomic mass is 32.2. The molecule has 1 aliphatic rings. The minimum absolute atomic E-state index is 0.0275. The highest BCUT2D eigenvalue weighted by Gasteiger charge is 2.31. The van der Waals surface area contributed by atoms with Gasteiger partial charge in [0, 0.05) is 25.1 Å². The second-order valence-corrected chi connectivity index (χ2v) is 7.75. The van der Waals surface area contributed by atoms with Gasteiger partial charge in [-0.2, -0.15) is 8.42 Å². The second-order valence-electron chi connectivity index (χ2n) is 6.20. The van der Waals surface area contributed by atoms with E-state index in [1.165, 1.54) is 26.2 Å². The molecule has 138 valence electrons. The van der Waals surface area contributed by atoms with Gasteiger partial charge in [0.25, 0.3) is 0 Å². The number of carbonyl (C=O) groups excluding carboxylic acids is 1. The quantitative estimate of drug-likeness (QED) is 0.696. The Labute approximate surface area is 153 Å². The number of methoxy groups -OCH3 is 1. The molecule has 6 nitrogen and oxygen atoms in total. The smallest absolute Gasteiger partial charge is 0.339 e. The van der Waals surface area contributed by atoms with Gasteiger partial charge in [-0.25, -0.2) is 0 Å². The van der Waals surface area contributed by atoms with Crippen LogP contribution in [0.25, 0.3) is 0 Å². The Morgan fingerprint density at radius 1 is 1.12 bits per heavy atom. The molecule has 1 amide bonds. The van der Waals surface area contributed by atoms with Crippen molar-refractivity contribution in [3.8, 4) is 11.5 Å². The summed E-state index contributed by atoms with van der Waals surface area (Å²) in [5.74, 6) is 0.765. The van der Waals surface area contributed by atoms with Gasteiger partial charge in [-0.3, -0.25) is 4.79 Å². The molecule has 0 atom stereocenters. The largest absolute Gasteiger partial charge is 0.497 e. The van der Waals surface area contributed by atoms with Gasteiger partial charge in [0.2, 0.25) is 5.91 Å². The lowest BCUT2D eigenvalue weighted by atomic mass is 10.2. The molecule has 0 radical (unpaired) electrons. The van der Waals surface area contributed by atoms with Gasteiger partial charge in [0.15, 0.2) is 0 Å². The molecule has 1 fully saturated rings. The number of ether oxygens (including phenoxy) is 1. The number of amides is 1. The van der Waals surface area contributed by atoms with Crippen molar-refractivity contribution < 1.29 is 22.1 Å². The van der Waals surface area contributed by atoms with Crippen molar-refractivity contribution in [1.29, 1.82) is 0 Å². The van der Waals surface area contributed by atoms with Crippen molar-refractivity contribution >= 4 is 16.0 Å². The number of nitrogens with zero attached hydrogens (tertiary/aromatic N) is 1. The molecular weight excluding hydrogens is 354 g/mol. The third-order valence-corrected chi connectivity index (χ3v) is 5.50. The predicted molar refractivity (Wildman–Crippen MR) is 96.5 cm³/mol. The Hall–Kier alpha value is -2.54. The van der Waals surface area contributed by atoms with Crippen molar-refractivity contribution in [2.24, 2.45) is 0 Å². The molecule has 7 heteroatoms. The summed E-state index contributed by atoms with van der Waals surface area (Å²) in [4.78, 5) is 13.7. The molecule has 1 aliphatic carbocycles. The fraction of sp³-hybridized carbons (Fsp3) is 0.316. The molecule has 0 aliphatic heterocycles. The van der Waals surface area contributed by atoms with Gasteiger partial charge in [0.05, 0.1) is 7.11 Å². The minimum Gasteiger partial charge on any atom is -0.497 e. The van der Waals surface area contributed by atoms with Crippen LogP contribution in [0.3, 0.4) is 0 Å². The standard InChI is InChI=1S/C19H21NO5S/c1-14(21)20(16-7-8-16)13-15-5-3-4-6-19(15)25-26(22,23)18-11-9-17(24-2)10-12-18/h3-6,9-12,16H,7-8,13H2,1-2H3. The van der Waals surface area contributed by atoms with Crippen molar-refractivity contribution in [3.63, 3.8) is 0 Å². The number of carbonyl (C=O) groups is 1. The lowest BCUT2D eigenvalue weighted by Crippen LogP contribution is -2.30. The second kappa shape index (κ2) is 7.37. The molecule has 2 aromatic rings. The van der Waals surface area contributed by atoms with Gasteiger partial charge in [-0.1, -0.05) is 18.2 Å². The van der Waals surface area contributed by atoms with Crippen LogP contribution < -0.4 is 8.92 Å². The number of para-hydroxylation sites is 1. The number of hydrogen-bond donors (Lipinski definition) is 0. The molecule has 0 unspecified atom stereocenters. The average Bonchev–Trinajstić information content (AvgIpc) is 3.45. The van der Waals surface area contributed by atoms with Crippen LogP contribution >= 0.6 is 0 Å². The molecule has 1 saturated carbocycles. The SMILES string of the molecule is COc1ccc(S(=O)(=O)Oc2ccccc2CN(C(C)=O)C2CC2)cc1. The van der Waals surface area contributed by atoms with E-state index in [1.807, 2.05) is 0 Å². The third kappa shape index (κ3) is 4.16. The van der Waals surface area contributed by atoms with Gasteiger partial charge in [-0.15, -0.1) is 0 Å². The van der Waals surface area contributed by atoms with Crippen LogP contribution in [0, 0.1) is 0 Å². The molecule has 0 aromatic heterocycles. The van der Waals surface area contributed by atoms with Crippen LogP contribution in [-0.4, -0.2) is 32.4 Å². The fourth-order valence-electron chi connectivity index (χ4n) is 2.69. The zero-order valence-electron chi connectivity index (χ0n) is 14.7. The summed E-state index contributed by atoms with van der Waals surface area (Å²) in [7, 11) is -2.47. The maximum absolute atomic E-state index is 12.6. The van der Waals surface area contributed by atoms with Crippen molar-refractivity contribution in [3.05, 3.63) is 54.1 Å².